The number of aromatic nitrogens is 2. The largest absolute Gasteiger partial charge is 0.367 e. The second-order valence-electron chi connectivity index (χ2n) is 5.37. The van der Waals surface area contributed by atoms with Crippen molar-refractivity contribution in [2.45, 2.75) is 58.4 Å². The van der Waals surface area contributed by atoms with Crippen LogP contribution in [0.4, 0.5) is 5.82 Å². The fourth-order valence-corrected chi connectivity index (χ4v) is 2.87. The number of H-pyrrole nitrogens is 1. The highest BCUT2D eigenvalue weighted by Gasteiger charge is 2.20. The molecule has 1 aromatic rings. The van der Waals surface area contributed by atoms with E-state index in [4.69, 9.17) is 0 Å². The Morgan fingerprint density at radius 3 is 2.72 bits per heavy atom. The van der Waals surface area contributed by atoms with E-state index in [9.17, 15) is 4.79 Å². The number of aromatic amines is 1. The van der Waals surface area contributed by atoms with Crippen LogP contribution < -0.4 is 10.9 Å². The Hall–Kier alpha value is -1.32. The molecule has 0 atom stereocenters. The molecule has 0 radical (unpaired) electrons. The summed E-state index contributed by atoms with van der Waals surface area (Å²) in [6.45, 7) is 4.07. The van der Waals surface area contributed by atoms with Gasteiger partial charge < -0.3 is 10.3 Å². The van der Waals surface area contributed by atoms with Crippen LogP contribution >= 0.6 is 0 Å². The minimum Gasteiger partial charge on any atom is -0.367 e. The second-order valence-corrected chi connectivity index (χ2v) is 5.37. The van der Waals surface area contributed by atoms with Gasteiger partial charge in [-0.25, -0.2) is 4.98 Å². The monoisotopic (exact) mass is 249 g/mol. The van der Waals surface area contributed by atoms with Gasteiger partial charge in [-0.1, -0.05) is 19.8 Å². The van der Waals surface area contributed by atoms with Crippen LogP contribution in [-0.4, -0.2) is 16.0 Å². The summed E-state index contributed by atoms with van der Waals surface area (Å²) in [4.78, 5) is 18.3. The van der Waals surface area contributed by atoms with Crippen molar-refractivity contribution in [1.82, 2.24) is 9.97 Å². The predicted molar refractivity (Wildman–Crippen MR) is 73.9 cm³/mol. The van der Waals surface area contributed by atoms with Gasteiger partial charge in [0.2, 0.25) is 0 Å². The van der Waals surface area contributed by atoms with Crippen molar-refractivity contribution in [2.24, 2.45) is 5.92 Å². The lowest BCUT2D eigenvalue weighted by Gasteiger charge is -2.29. The standard InChI is InChI=1S/C14H23N3O/c1-3-4-11-5-7-12(8-6-11)17-13-9-14(18)16-10(2)15-13/h9,11-12H,3-8H2,1-2H3,(H2,15,16,17,18). The van der Waals surface area contributed by atoms with Crippen molar-refractivity contribution in [2.75, 3.05) is 5.32 Å². The van der Waals surface area contributed by atoms with Gasteiger partial charge in [-0.15, -0.1) is 0 Å². The lowest BCUT2D eigenvalue weighted by atomic mass is 9.83. The third-order valence-corrected chi connectivity index (χ3v) is 3.76. The van der Waals surface area contributed by atoms with Crippen LogP contribution in [-0.2, 0) is 0 Å². The molecule has 18 heavy (non-hydrogen) atoms. The van der Waals surface area contributed by atoms with E-state index in [1.807, 2.05) is 6.92 Å². The fraction of sp³-hybridized carbons (Fsp3) is 0.714. The SMILES string of the molecule is CCCC1CCC(Nc2cc(=O)[nH]c(C)n2)CC1. The number of anilines is 1. The minimum absolute atomic E-state index is 0.0790. The quantitative estimate of drug-likeness (QED) is 0.862. The molecule has 1 fully saturated rings. The molecule has 4 nitrogen and oxygen atoms in total. The van der Waals surface area contributed by atoms with E-state index in [0.29, 0.717) is 11.9 Å². The molecule has 2 N–H and O–H groups in total. The van der Waals surface area contributed by atoms with Crippen LogP contribution in [0.5, 0.6) is 0 Å². The molecular weight excluding hydrogens is 226 g/mol. The Balaban J connectivity index is 1.89. The summed E-state index contributed by atoms with van der Waals surface area (Å²) in [6, 6.07) is 2.03. The normalized spacial score (nSPS) is 23.9. The van der Waals surface area contributed by atoms with Crippen molar-refractivity contribution in [3.05, 3.63) is 22.2 Å². The molecule has 0 spiro atoms. The van der Waals surface area contributed by atoms with Crippen LogP contribution in [0.15, 0.2) is 10.9 Å². The summed E-state index contributed by atoms with van der Waals surface area (Å²) in [7, 11) is 0. The van der Waals surface area contributed by atoms with E-state index >= 15 is 0 Å². The molecule has 1 aliphatic carbocycles. The first kappa shape index (κ1) is 13.1. The second kappa shape index (κ2) is 6.03. The maximum absolute atomic E-state index is 11.4. The van der Waals surface area contributed by atoms with Crippen molar-refractivity contribution < 1.29 is 0 Å². The van der Waals surface area contributed by atoms with E-state index in [1.54, 1.807) is 6.07 Å². The lowest BCUT2D eigenvalue weighted by molar-refractivity contribution is 0.318. The van der Waals surface area contributed by atoms with E-state index in [-0.39, 0.29) is 5.56 Å². The molecule has 0 amide bonds. The summed E-state index contributed by atoms with van der Waals surface area (Å²) in [6.07, 6.45) is 7.63. The summed E-state index contributed by atoms with van der Waals surface area (Å²) < 4.78 is 0. The molecule has 0 saturated heterocycles. The smallest absolute Gasteiger partial charge is 0.252 e. The highest BCUT2D eigenvalue weighted by Crippen LogP contribution is 2.28. The first-order chi connectivity index (χ1) is 8.67. The summed E-state index contributed by atoms with van der Waals surface area (Å²) in [5.41, 5.74) is -0.0790. The fourth-order valence-electron chi connectivity index (χ4n) is 2.87. The molecule has 0 aliphatic heterocycles. The van der Waals surface area contributed by atoms with Gasteiger partial charge in [-0.05, 0) is 38.5 Å². The summed E-state index contributed by atoms with van der Waals surface area (Å²) in [5, 5.41) is 3.39. The number of rotatable bonds is 4. The maximum Gasteiger partial charge on any atom is 0.252 e. The lowest BCUT2D eigenvalue weighted by Crippen LogP contribution is -2.27. The molecule has 1 aromatic heterocycles. The van der Waals surface area contributed by atoms with Gasteiger partial charge in [-0.3, -0.25) is 4.79 Å². The third-order valence-electron chi connectivity index (χ3n) is 3.76. The van der Waals surface area contributed by atoms with Crippen LogP contribution in [0.25, 0.3) is 0 Å². The molecule has 0 bridgehead atoms. The Labute approximate surface area is 108 Å². The third kappa shape index (κ3) is 3.59. The van der Waals surface area contributed by atoms with Crippen molar-refractivity contribution in [1.29, 1.82) is 0 Å². The van der Waals surface area contributed by atoms with E-state index in [2.05, 4.69) is 22.2 Å². The van der Waals surface area contributed by atoms with Crippen molar-refractivity contribution in [3.63, 3.8) is 0 Å². The maximum atomic E-state index is 11.4. The van der Waals surface area contributed by atoms with Gasteiger partial charge in [0.1, 0.15) is 11.6 Å². The Bertz CT molecular complexity index is 433. The molecule has 4 heteroatoms. The van der Waals surface area contributed by atoms with Crippen LogP contribution in [0.2, 0.25) is 0 Å². The molecule has 0 aromatic carbocycles. The van der Waals surface area contributed by atoms with Gasteiger partial charge >= 0.3 is 0 Å². The van der Waals surface area contributed by atoms with Crippen molar-refractivity contribution >= 4 is 5.82 Å². The Morgan fingerprint density at radius 2 is 2.11 bits per heavy atom. The van der Waals surface area contributed by atoms with Gasteiger partial charge in [0.25, 0.3) is 5.56 Å². The average molecular weight is 249 g/mol. The Kier molecular flexibility index (Phi) is 4.39. The van der Waals surface area contributed by atoms with E-state index < -0.39 is 0 Å². The zero-order valence-corrected chi connectivity index (χ0v) is 11.3. The molecule has 1 heterocycles. The van der Waals surface area contributed by atoms with Gasteiger partial charge in [-0.2, -0.15) is 0 Å². The molecule has 1 saturated carbocycles. The predicted octanol–water partition coefficient (Wildman–Crippen LogP) is 2.85. The molecular formula is C14H23N3O. The summed E-state index contributed by atoms with van der Waals surface area (Å²) >= 11 is 0. The van der Waals surface area contributed by atoms with Gasteiger partial charge in [0.05, 0.1) is 0 Å². The number of hydrogen-bond acceptors (Lipinski definition) is 3. The molecule has 100 valence electrons. The number of aryl methyl sites for hydroxylation is 1. The average Bonchev–Trinajstić information content (AvgIpc) is 2.31. The number of nitrogens with one attached hydrogen (secondary N) is 2. The van der Waals surface area contributed by atoms with Gasteiger partial charge in [0, 0.05) is 12.1 Å². The van der Waals surface area contributed by atoms with E-state index in [1.165, 1.54) is 38.5 Å². The van der Waals surface area contributed by atoms with Crippen molar-refractivity contribution in [3.8, 4) is 0 Å². The molecule has 0 unspecified atom stereocenters. The Morgan fingerprint density at radius 1 is 1.39 bits per heavy atom. The van der Waals surface area contributed by atoms with Crippen LogP contribution in [0.3, 0.4) is 0 Å². The number of nitrogens with zero attached hydrogens (tertiary/aromatic N) is 1. The zero-order chi connectivity index (χ0) is 13.0. The van der Waals surface area contributed by atoms with Crippen LogP contribution in [0, 0.1) is 12.8 Å². The van der Waals surface area contributed by atoms with Gasteiger partial charge in [0.15, 0.2) is 0 Å². The first-order valence-electron chi connectivity index (χ1n) is 7.02. The number of hydrogen-bond donors (Lipinski definition) is 2. The molecule has 1 aliphatic rings. The summed E-state index contributed by atoms with van der Waals surface area (Å²) in [5.74, 6) is 2.29. The minimum atomic E-state index is -0.0790. The zero-order valence-electron chi connectivity index (χ0n) is 11.3. The highest BCUT2D eigenvalue weighted by atomic mass is 16.1. The highest BCUT2D eigenvalue weighted by molar-refractivity contribution is 5.34. The first-order valence-corrected chi connectivity index (χ1v) is 7.02. The molecule has 2 rings (SSSR count). The van der Waals surface area contributed by atoms with E-state index in [0.717, 1.165) is 11.7 Å². The van der Waals surface area contributed by atoms with Crippen LogP contribution in [0.1, 0.15) is 51.3 Å². The topological polar surface area (TPSA) is 57.8 Å².